The van der Waals surface area contributed by atoms with E-state index in [1.165, 1.54) is 23.1 Å². The minimum absolute atomic E-state index is 0.147. The SMILES string of the molecule is Cc1ccc(/C(O)=C2\C(=O)C(=O)N(CCc3ccccc3)[C@@H]2c2ccccc2[N+](=O)[O-])cc1. The molecule has 1 aliphatic rings. The molecule has 0 spiro atoms. The molecule has 3 aromatic rings. The average molecular weight is 442 g/mol. The molecule has 7 heteroatoms. The van der Waals surface area contributed by atoms with Crippen LogP contribution in [-0.2, 0) is 16.0 Å². The minimum Gasteiger partial charge on any atom is -0.507 e. The van der Waals surface area contributed by atoms with E-state index < -0.39 is 22.7 Å². The summed E-state index contributed by atoms with van der Waals surface area (Å²) >= 11 is 0. The van der Waals surface area contributed by atoms with Crippen molar-refractivity contribution in [2.24, 2.45) is 0 Å². The summed E-state index contributed by atoms with van der Waals surface area (Å²) in [4.78, 5) is 38.7. The number of nitro groups is 1. The van der Waals surface area contributed by atoms with Gasteiger partial charge < -0.3 is 10.0 Å². The molecular weight excluding hydrogens is 420 g/mol. The predicted molar refractivity (Wildman–Crippen MR) is 123 cm³/mol. The Labute approximate surface area is 190 Å². The monoisotopic (exact) mass is 442 g/mol. The number of rotatable bonds is 6. The van der Waals surface area contributed by atoms with Crippen LogP contribution >= 0.6 is 0 Å². The number of nitro benzene ring substituents is 1. The van der Waals surface area contributed by atoms with E-state index in [1.54, 1.807) is 30.3 Å². The lowest BCUT2D eigenvalue weighted by Crippen LogP contribution is -2.32. The molecule has 0 unspecified atom stereocenters. The van der Waals surface area contributed by atoms with Gasteiger partial charge in [-0.05, 0) is 25.0 Å². The maximum atomic E-state index is 13.1. The largest absolute Gasteiger partial charge is 0.507 e. The summed E-state index contributed by atoms with van der Waals surface area (Å²) < 4.78 is 0. The van der Waals surface area contributed by atoms with Crippen molar-refractivity contribution in [3.8, 4) is 0 Å². The highest BCUT2D eigenvalue weighted by Gasteiger charge is 2.47. The normalized spacial score (nSPS) is 17.4. The molecule has 3 aromatic carbocycles. The lowest BCUT2D eigenvalue weighted by Gasteiger charge is -2.25. The topological polar surface area (TPSA) is 101 Å². The van der Waals surface area contributed by atoms with Gasteiger partial charge in [0.05, 0.1) is 22.1 Å². The number of Topliss-reactive ketones (excluding diaryl/α,β-unsaturated/α-hetero) is 1. The Balaban J connectivity index is 1.85. The van der Waals surface area contributed by atoms with Crippen LogP contribution in [0, 0.1) is 17.0 Å². The van der Waals surface area contributed by atoms with E-state index in [0.717, 1.165) is 11.1 Å². The fourth-order valence-corrected chi connectivity index (χ4v) is 4.08. The van der Waals surface area contributed by atoms with Gasteiger partial charge >= 0.3 is 0 Å². The van der Waals surface area contributed by atoms with Gasteiger partial charge in [0.15, 0.2) is 0 Å². The number of nitrogens with zero attached hydrogens (tertiary/aromatic N) is 2. The second kappa shape index (κ2) is 9.08. The molecule has 1 N–H and O–H groups in total. The van der Waals surface area contributed by atoms with Gasteiger partial charge in [0.1, 0.15) is 5.76 Å². The third-order valence-corrected chi connectivity index (χ3v) is 5.78. The molecule has 33 heavy (non-hydrogen) atoms. The average Bonchev–Trinajstić information content (AvgIpc) is 3.08. The number of para-hydroxylation sites is 1. The van der Waals surface area contributed by atoms with Crippen molar-refractivity contribution in [1.82, 2.24) is 4.90 Å². The number of aliphatic hydroxyl groups excluding tert-OH is 1. The van der Waals surface area contributed by atoms with Crippen LogP contribution in [0.3, 0.4) is 0 Å². The highest BCUT2D eigenvalue weighted by Crippen LogP contribution is 2.42. The number of likely N-dealkylation sites (tertiary alicyclic amines) is 1. The number of ketones is 1. The molecule has 0 aromatic heterocycles. The van der Waals surface area contributed by atoms with Crippen molar-refractivity contribution in [2.75, 3.05) is 6.54 Å². The summed E-state index contributed by atoms with van der Waals surface area (Å²) in [5, 5.41) is 22.8. The maximum Gasteiger partial charge on any atom is 0.295 e. The summed E-state index contributed by atoms with van der Waals surface area (Å²) in [6.45, 7) is 2.05. The first kappa shape index (κ1) is 22.0. The predicted octanol–water partition coefficient (Wildman–Crippen LogP) is 4.57. The Hall–Kier alpha value is -4.26. The van der Waals surface area contributed by atoms with Crippen molar-refractivity contribution < 1.29 is 19.6 Å². The molecule has 1 aliphatic heterocycles. The van der Waals surface area contributed by atoms with Crippen molar-refractivity contribution >= 4 is 23.1 Å². The van der Waals surface area contributed by atoms with E-state index >= 15 is 0 Å². The van der Waals surface area contributed by atoms with Crippen LogP contribution in [0.15, 0.2) is 84.4 Å². The van der Waals surface area contributed by atoms with Gasteiger partial charge in [0, 0.05) is 18.2 Å². The summed E-state index contributed by atoms with van der Waals surface area (Å²) in [6.07, 6.45) is 0.454. The fourth-order valence-electron chi connectivity index (χ4n) is 4.08. The van der Waals surface area contributed by atoms with Gasteiger partial charge in [-0.25, -0.2) is 0 Å². The first-order valence-electron chi connectivity index (χ1n) is 10.5. The lowest BCUT2D eigenvalue weighted by atomic mass is 9.94. The highest BCUT2D eigenvalue weighted by atomic mass is 16.6. The Morgan fingerprint density at radius 1 is 0.970 bits per heavy atom. The maximum absolute atomic E-state index is 13.1. The third kappa shape index (κ3) is 4.25. The Morgan fingerprint density at radius 2 is 1.61 bits per heavy atom. The minimum atomic E-state index is -1.07. The first-order chi connectivity index (χ1) is 15.9. The van der Waals surface area contributed by atoms with Crippen LogP contribution in [0.1, 0.15) is 28.3 Å². The van der Waals surface area contributed by atoms with Gasteiger partial charge in [-0.1, -0.05) is 72.3 Å². The number of carbonyl (C=O) groups excluding carboxylic acids is 2. The fraction of sp³-hybridized carbons (Fsp3) is 0.154. The zero-order valence-electron chi connectivity index (χ0n) is 18.0. The van der Waals surface area contributed by atoms with E-state index in [9.17, 15) is 24.8 Å². The van der Waals surface area contributed by atoms with Crippen LogP contribution in [0.5, 0.6) is 0 Å². The smallest absolute Gasteiger partial charge is 0.295 e. The summed E-state index contributed by atoms with van der Waals surface area (Å²) in [6, 6.07) is 21.2. The van der Waals surface area contributed by atoms with Crippen LogP contribution in [0.4, 0.5) is 5.69 Å². The summed E-state index contributed by atoms with van der Waals surface area (Å²) in [5.74, 6) is -1.99. The van der Waals surface area contributed by atoms with Crippen LogP contribution in [0.25, 0.3) is 5.76 Å². The lowest BCUT2D eigenvalue weighted by molar-refractivity contribution is -0.385. The molecule has 1 amide bonds. The van der Waals surface area contributed by atoms with Crippen LogP contribution in [0.2, 0.25) is 0 Å². The molecule has 166 valence electrons. The molecule has 1 heterocycles. The number of aliphatic hydroxyl groups is 1. The molecule has 4 rings (SSSR count). The first-order valence-corrected chi connectivity index (χ1v) is 10.5. The number of amides is 1. The molecule has 7 nitrogen and oxygen atoms in total. The molecule has 0 bridgehead atoms. The van der Waals surface area contributed by atoms with E-state index in [4.69, 9.17) is 0 Å². The molecule has 1 atom stereocenters. The Morgan fingerprint density at radius 3 is 2.27 bits per heavy atom. The third-order valence-electron chi connectivity index (χ3n) is 5.78. The van der Waals surface area contributed by atoms with Crippen molar-refractivity contribution in [3.63, 3.8) is 0 Å². The molecular formula is C26H22N2O5. The number of hydrogen-bond acceptors (Lipinski definition) is 5. The second-order valence-corrected chi connectivity index (χ2v) is 7.91. The molecule has 0 saturated carbocycles. The van der Waals surface area contributed by atoms with Crippen LogP contribution in [-0.4, -0.2) is 33.2 Å². The van der Waals surface area contributed by atoms with Crippen molar-refractivity contribution in [2.45, 2.75) is 19.4 Å². The van der Waals surface area contributed by atoms with E-state index in [1.807, 2.05) is 37.3 Å². The standard InChI is InChI=1S/C26H22N2O5/c1-17-11-13-19(14-12-17)24(29)22-23(20-9-5-6-10-21(20)28(32)33)27(26(31)25(22)30)16-15-18-7-3-2-4-8-18/h2-14,23,29H,15-16H2,1H3/b24-22+/t23-/m1/s1. The van der Waals surface area contributed by atoms with Gasteiger partial charge in [-0.3, -0.25) is 19.7 Å². The molecule has 0 radical (unpaired) electrons. The zero-order chi connectivity index (χ0) is 23.5. The van der Waals surface area contributed by atoms with Crippen LogP contribution < -0.4 is 0 Å². The van der Waals surface area contributed by atoms with E-state index in [0.29, 0.717) is 12.0 Å². The Kier molecular flexibility index (Phi) is 6.04. The molecule has 1 saturated heterocycles. The number of hydrogen-bond donors (Lipinski definition) is 1. The number of aryl methyl sites for hydroxylation is 1. The number of carbonyl (C=O) groups is 2. The van der Waals surface area contributed by atoms with Gasteiger partial charge in [-0.15, -0.1) is 0 Å². The van der Waals surface area contributed by atoms with Gasteiger partial charge in [-0.2, -0.15) is 0 Å². The summed E-state index contributed by atoms with van der Waals surface area (Å²) in [7, 11) is 0. The van der Waals surface area contributed by atoms with Crippen molar-refractivity contribution in [3.05, 3.63) is 117 Å². The quantitative estimate of drug-likeness (QED) is 0.198. The van der Waals surface area contributed by atoms with E-state index in [-0.39, 0.29) is 29.1 Å². The number of benzene rings is 3. The van der Waals surface area contributed by atoms with Gasteiger partial charge in [0.2, 0.25) is 0 Å². The second-order valence-electron chi connectivity index (χ2n) is 7.91. The van der Waals surface area contributed by atoms with E-state index in [2.05, 4.69) is 0 Å². The highest BCUT2D eigenvalue weighted by molar-refractivity contribution is 6.46. The van der Waals surface area contributed by atoms with Gasteiger partial charge in [0.25, 0.3) is 17.4 Å². The summed E-state index contributed by atoms with van der Waals surface area (Å²) in [5.41, 5.74) is 2.10. The zero-order valence-corrected chi connectivity index (χ0v) is 18.0. The Bertz CT molecular complexity index is 1250. The molecule has 1 fully saturated rings. The molecule has 0 aliphatic carbocycles. The van der Waals surface area contributed by atoms with Crippen molar-refractivity contribution in [1.29, 1.82) is 0 Å².